The predicted molar refractivity (Wildman–Crippen MR) is 208 cm³/mol. The lowest BCUT2D eigenvalue weighted by Gasteiger charge is -2.70. The lowest BCUT2D eigenvalue weighted by Crippen LogP contribution is -2.64. The first-order valence-corrected chi connectivity index (χ1v) is 21.7. The smallest absolute Gasteiger partial charge is 0.306 e. The number of allylic oxidation sites excluding steroid dienone is 2. The fourth-order valence-corrected chi connectivity index (χ4v) is 13.0. The molecule has 0 aliphatic heterocycles. The number of unbranched alkanes of at least 4 members (excludes halogenated alkanes) is 12. The summed E-state index contributed by atoms with van der Waals surface area (Å²) in [4.78, 5) is 13.2. The summed E-state index contributed by atoms with van der Waals surface area (Å²) in [5.74, 6) is 2.37. The highest BCUT2D eigenvalue weighted by Gasteiger charge is 2.69. The minimum absolute atomic E-state index is 0.00452. The molecule has 0 spiro atoms. The lowest BCUT2D eigenvalue weighted by atomic mass is 9.35. The van der Waals surface area contributed by atoms with Gasteiger partial charge in [-0.1, -0.05) is 130 Å². The van der Waals surface area contributed by atoms with E-state index in [1.165, 1.54) is 121 Å². The minimum Gasteiger partial charge on any atom is -0.462 e. The molecule has 1 N–H and O–H groups in total. The van der Waals surface area contributed by atoms with Gasteiger partial charge in [-0.15, -0.1) is 0 Å². The summed E-state index contributed by atoms with van der Waals surface area (Å²) in [6.07, 6.45) is 31.8. The highest BCUT2D eigenvalue weighted by atomic mass is 16.5. The topological polar surface area (TPSA) is 46.5 Å². The molecule has 284 valence electrons. The van der Waals surface area contributed by atoms with Crippen LogP contribution in [0.25, 0.3) is 0 Å². The third-order valence-electron chi connectivity index (χ3n) is 16.1. The Morgan fingerprint density at radius 1 is 0.735 bits per heavy atom. The third-order valence-corrected chi connectivity index (χ3v) is 16.1. The highest BCUT2D eigenvalue weighted by molar-refractivity contribution is 5.69. The van der Waals surface area contributed by atoms with Gasteiger partial charge in [0.1, 0.15) is 6.10 Å². The Labute approximate surface area is 305 Å². The van der Waals surface area contributed by atoms with Gasteiger partial charge >= 0.3 is 5.97 Å². The van der Waals surface area contributed by atoms with Crippen molar-refractivity contribution in [1.82, 2.24) is 0 Å². The van der Waals surface area contributed by atoms with E-state index in [-0.39, 0.29) is 28.3 Å². The summed E-state index contributed by atoms with van der Waals surface area (Å²) in [7, 11) is 0. The molecule has 0 aromatic heterocycles. The van der Waals surface area contributed by atoms with Crippen LogP contribution in [0.4, 0.5) is 0 Å². The summed E-state index contributed by atoms with van der Waals surface area (Å²) in [5, 5.41) is 11.9. The maximum atomic E-state index is 13.2. The summed E-state index contributed by atoms with van der Waals surface area (Å²) in [5.41, 5.74) is 1.65. The SMILES string of the molecule is CCCCCCCCCCCCCCCC(=O)OC1CCC2(C)C(CCC3(C)C2CCC2C(C(C)(O)CCC=C(C)C)CCC23C)C1(C)C. The van der Waals surface area contributed by atoms with Crippen molar-refractivity contribution < 1.29 is 14.6 Å². The van der Waals surface area contributed by atoms with Gasteiger partial charge in [0.15, 0.2) is 0 Å². The van der Waals surface area contributed by atoms with Crippen molar-refractivity contribution in [3.8, 4) is 0 Å². The third kappa shape index (κ3) is 9.04. The monoisotopic (exact) mass is 683 g/mol. The average molecular weight is 683 g/mol. The minimum atomic E-state index is -0.588. The quantitative estimate of drug-likeness (QED) is 0.0838. The second-order valence-electron chi connectivity index (χ2n) is 19.8. The molecule has 9 atom stereocenters. The molecule has 3 heteroatoms. The molecule has 0 saturated heterocycles. The Balaban J connectivity index is 1.25. The van der Waals surface area contributed by atoms with E-state index in [1.807, 2.05) is 0 Å². The number of hydrogen-bond donors (Lipinski definition) is 1. The van der Waals surface area contributed by atoms with Gasteiger partial charge in [-0.05, 0) is 131 Å². The fraction of sp³-hybridized carbons (Fsp3) is 0.935. The van der Waals surface area contributed by atoms with Crippen LogP contribution in [-0.2, 0) is 9.53 Å². The fourth-order valence-electron chi connectivity index (χ4n) is 13.0. The Morgan fingerprint density at radius 3 is 1.90 bits per heavy atom. The molecule has 49 heavy (non-hydrogen) atoms. The maximum Gasteiger partial charge on any atom is 0.306 e. The van der Waals surface area contributed by atoms with Crippen molar-refractivity contribution in [3.63, 3.8) is 0 Å². The molecule has 3 nitrogen and oxygen atoms in total. The second-order valence-corrected chi connectivity index (χ2v) is 19.8. The van der Waals surface area contributed by atoms with Gasteiger partial charge in [0.25, 0.3) is 0 Å². The summed E-state index contributed by atoms with van der Waals surface area (Å²) >= 11 is 0. The standard InChI is InChI=1S/C46H82O3/c1-10-11-12-13-14-15-16-17-18-19-20-21-22-25-41(47)49-40-30-32-43(6)38(42(40,4)5)29-34-45(8)39(43)27-26-36-37(28-33-44(36,45)7)46(9,48)31-23-24-35(2)3/h24,36-40,48H,10-23,25-34H2,1-9H3. The van der Waals surface area contributed by atoms with Crippen molar-refractivity contribution in [3.05, 3.63) is 11.6 Å². The predicted octanol–water partition coefficient (Wildman–Crippen LogP) is 13.6. The molecule has 4 saturated carbocycles. The summed E-state index contributed by atoms with van der Waals surface area (Å²) < 4.78 is 6.39. The maximum absolute atomic E-state index is 13.2. The van der Waals surface area contributed by atoms with Gasteiger partial charge in [0.2, 0.25) is 0 Å². The van der Waals surface area contributed by atoms with Crippen molar-refractivity contribution in [1.29, 1.82) is 0 Å². The summed E-state index contributed by atoms with van der Waals surface area (Å²) in [6.45, 7) is 21.6. The van der Waals surface area contributed by atoms with Crippen LogP contribution in [0.5, 0.6) is 0 Å². The Bertz CT molecular complexity index is 1070. The molecule has 0 aromatic rings. The van der Waals surface area contributed by atoms with E-state index in [9.17, 15) is 9.90 Å². The molecule has 4 rings (SSSR count). The molecule has 0 aromatic carbocycles. The number of rotatable bonds is 19. The normalized spacial score (nSPS) is 36.2. The van der Waals surface area contributed by atoms with E-state index in [0.29, 0.717) is 35.5 Å². The first kappa shape index (κ1) is 40.9. The first-order chi connectivity index (χ1) is 23.1. The van der Waals surface area contributed by atoms with Crippen molar-refractivity contribution in [2.24, 2.45) is 45.3 Å². The Kier molecular flexibility index (Phi) is 14.5. The van der Waals surface area contributed by atoms with Crippen LogP contribution in [0.3, 0.4) is 0 Å². The van der Waals surface area contributed by atoms with Gasteiger partial charge in [0, 0.05) is 11.8 Å². The second kappa shape index (κ2) is 17.3. The van der Waals surface area contributed by atoms with Crippen LogP contribution in [0.1, 0.15) is 216 Å². The zero-order chi connectivity index (χ0) is 35.9. The number of fused-ring (bicyclic) bond motifs is 5. The zero-order valence-electron chi connectivity index (χ0n) is 34.2. The van der Waals surface area contributed by atoms with E-state index in [0.717, 1.165) is 32.1 Å². The molecule has 0 radical (unpaired) electrons. The van der Waals surface area contributed by atoms with E-state index in [4.69, 9.17) is 4.74 Å². The molecular formula is C46H82O3. The average Bonchev–Trinajstić information content (AvgIpc) is 3.40. The molecule has 9 unspecified atom stereocenters. The van der Waals surface area contributed by atoms with Gasteiger partial charge in [0.05, 0.1) is 5.60 Å². The number of carbonyl (C=O) groups excluding carboxylic acids is 1. The van der Waals surface area contributed by atoms with Crippen LogP contribution in [-0.4, -0.2) is 22.8 Å². The molecule has 4 fully saturated rings. The molecule has 0 bridgehead atoms. The van der Waals surface area contributed by atoms with Crippen molar-refractivity contribution >= 4 is 5.97 Å². The molecular weight excluding hydrogens is 601 g/mol. The largest absolute Gasteiger partial charge is 0.462 e. The van der Waals surface area contributed by atoms with E-state index in [2.05, 4.69) is 68.4 Å². The van der Waals surface area contributed by atoms with Crippen molar-refractivity contribution in [2.45, 2.75) is 228 Å². The van der Waals surface area contributed by atoms with E-state index < -0.39 is 5.60 Å². The van der Waals surface area contributed by atoms with E-state index in [1.54, 1.807) is 0 Å². The van der Waals surface area contributed by atoms with Crippen LogP contribution in [0.2, 0.25) is 0 Å². The Hall–Kier alpha value is -0.830. The lowest BCUT2D eigenvalue weighted by molar-refractivity contribution is -0.230. The van der Waals surface area contributed by atoms with E-state index >= 15 is 0 Å². The van der Waals surface area contributed by atoms with Crippen LogP contribution < -0.4 is 0 Å². The van der Waals surface area contributed by atoms with Gasteiger partial charge in [-0.3, -0.25) is 4.79 Å². The van der Waals surface area contributed by atoms with Gasteiger partial charge in [-0.25, -0.2) is 0 Å². The first-order valence-electron chi connectivity index (χ1n) is 21.7. The van der Waals surface area contributed by atoms with Crippen LogP contribution >= 0.6 is 0 Å². The number of ether oxygens (including phenoxy) is 1. The number of esters is 1. The number of carbonyl (C=O) groups is 1. The molecule has 4 aliphatic rings. The van der Waals surface area contributed by atoms with Gasteiger partial charge < -0.3 is 9.84 Å². The Morgan fingerprint density at radius 2 is 1.31 bits per heavy atom. The van der Waals surface area contributed by atoms with Crippen molar-refractivity contribution in [2.75, 3.05) is 0 Å². The molecule has 0 amide bonds. The number of aliphatic hydroxyl groups is 1. The highest BCUT2D eigenvalue weighted by Crippen LogP contribution is 2.76. The summed E-state index contributed by atoms with van der Waals surface area (Å²) in [6, 6.07) is 0. The van der Waals surface area contributed by atoms with Gasteiger partial charge in [-0.2, -0.15) is 0 Å². The number of hydrogen-bond acceptors (Lipinski definition) is 3. The van der Waals surface area contributed by atoms with Crippen LogP contribution in [0.15, 0.2) is 11.6 Å². The zero-order valence-corrected chi connectivity index (χ0v) is 34.2. The molecule has 0 heterocycles. The van der Waals surface area contributed by atoms with Crippen LogP contribution in [0, 0.1) is 45.3 Å². The molecule has 4 aliphatic carbocycles.